The van der Waals surface area contributed by atoms with Crippen molar-refractivity contribution in [3.05, 3.63) is 0 Å². The van der Waals surface area contributed by atoms with E-state index in [1.165, 1.54) is 14.1 Å². The normalized spacial score (nSPS) is 16.5. The van der Waals surface area contributed by atoms with E-state index in [1.54, 1.807) is 0 Å². The Hall–Kier alpha value is -1.83. The third-order valence-corrected chi connectivity index (χ3v) is 9.72. The molecule has 0 aliphatic carbocycles. The van der Waals surface area contributed by atoms with Crippen molar-refractivity contribution >= 4 is 20.1 Å². The first-order valence-corrected chi connectivity index (χ1v) is 15.7. The summed E-state index contributed by atoms with van der Waals surface area (Å²) >= 11 is 0. The molecule has 0 aromatic carbocycles. The van der Waals surface area contributed by atoms with Gasteiger partial charge in [0.05, 0.1) is 32.9 Å². The standard InChI is InChI=1S/C20H21F23N2O5S2/c1-44(6-4-7-45(2,3)8-5-9-51(46,47)48)52(49,50)20(42,43)18(37,38)16(33,34)14(29,30)12(25,26)10(21,22)11(23,24)13(27,28)15(31,32)17(35,36)19(39,40)41/h4-9H2,1-3H3/p+1. The smallest absolute Gasteiger partial charge is 0.328 e. The zero-order valence-corrected chi connectivity index (χ0v) is 26.9. The molecule has 0 aromatic heterocycles. The number of rotatable bonds is 19. The van der Waals surface area contributed by atoms with Crippen molar-refractivity contribution in [1.29, 1.82) is 0 Å². The highest BCUT2D eigenvalue weighted by Gasteiger charge is 2.99. The van der Waals surface area contributed by atoms with Gasteiger partial charge < -0.3 is 4.48 Å². The van der Waals surface area contributed by atoms with Crippen LogP contribution < -0.4 is 0 Å². The molecule has 0 aromatic rings. The summed E-state index contributed by atoms with van der Waals surface area (Å²) in [6.45, 7) is -2.27. The number of sulfonamides is 1. The van der Waals surface area contributed by atoms with Gasteiger partial charge in [0.2, 0.25) is 0 Å². The van der Waals surface area contributed by atoms with Gasteiger partial charge in [-0.2, -0.15) is 114 Å². The van der Waals surface area contributed by atoms with E-state index in [9.17, 15) is 118 Å². The minimum atomic E-state index is -9.60. The lowest BCUT2D eigenvalue weighted by atomic mass is 9.86. The lowest BCUT2D eigenvalue weighted by Gasteiger charge is -2.45. The molecule has 0 amide bonds. The number of nitrogens with zero attached hydrogens (tertiary/aromatic N) is 2. The van der Waals surface area contributed by atoms with Crippen molar-refractivity contribution in [3.63, 3.8) is 0 Å². The molecule has 0 atom stereocenters. The van der Waals surface area contributed by atoms with E-state index in [0.29, 0.717) is 0 Å². The molecule has 0 saturated carbocycles. The Labute approximate surface area is 276 Å². The van der Waals surface area contributed by atoms with Crippen molar-refractivity contribution < 1.29 is 127 Å². The van der Waals surface area contributed by atoms with Crippen LogP contribution >= 0.6 is 0 Å². The molecule has 7 nitrogen and oxygen atoms in total. The van der Waals surface area contributed by atoms with Gasteiger partial charge >= 0.3 is 64.7 Å². The minimum absolute atomic E-state index is 0.212. The van der Waals surface area contributed by atoms with Crippen molar-refractivity contribution in [3.8, 4) is 0 Å². The van der Waals surface area contributed by atoms with Gasteiger partial charge in [0.1, 0.15) is 0 Å². The highest BCUT2D eigenvalue weighted by Crippen LogP contribution is 2.67. The topological polar surface area (TPSA) is 91.8 Å². The van der Waals surface area contributed by atoms with E-state index in [1.807, 2.05) is 0 Å². The Balaban J connectivity index is 6.85. The molecule has 0 aliphatic heterocycles. The van der Waals surface area contributed by atoms with Crippen LogP contribution in [0.2, 0.25) is 0 Å². The summed E-state index contributed by atoms with van der Waals surface area (Å²) in [6, 6.07) is 0. The predicted octanol–water partition coefficient (Wildman–Crippen LogP) is 6.87. The van der Waals surface area contributed by atoms with Crippen LogP contribution in [-0.4, -0.2) is 141 Å². The average Bonchev–Trinajstić information content (AvgIpc) is 2.90. The van der Waals surface area contributed by atoms with Crippen LogP contribution in [-0.2, 0) is 20.1 Å². The molecule has 0 unspecified atom stereocenters. The van der Waals surface area contributed by atoms with Gasteiger partial charge in [-0.25, -0.2) is 8.42 Å². The molecule has 0 saturated heterocycles. The van der Waals surface area contributed by atoms with Crippen LogP contribution in [0.4, 0.5) is 101 Å². The van der Waals surface area contributed by atoms with Crippen molar-refractivity contribution in [2.24, 2.45) is 0 Å². The summed E-state index contributed by atoms with van der Waals surface area (Å²) in [5.41, 5.74) is 0. The average molecular weight is 871 g/mol. The van der Waals surface area contributed by atoms with Gasteiger partial charge in [-0.1, -0.05) is 0 Å². The third-order valence-electron chi connectivity index (χ3n) is 7.01. The molecule has 0 rings (SSSR count). The number of alkyl halides is 23. The maximum Gasteiger partial charge on any atom is 0.460 e. The van der Waals surface area contributed by atoms with E-state index in [4.69, 9.17) is 4.55 Å². The Kier molecular flexibility index (Phi) is 13.2. The lowest BCUT2D eigenvalue weighted by Crippen LogP contribution is -2.78. The molecule has 314 valence electrons. The summed E-state index contributed by atoms with van der Waals surface area (Å²) in [5, 5.41) is -7.93. The van der Waals surface area contributed by atoms with Gasteiger partial charge in [0.25, 0.3) is 20.1 Å². The Morgan fingerprint density at radius 3 is 1.04 bits per heavy atom. The molecule has 1 N–H and O–H groups in total. The fourth-order valence-electron chi connectivity index (χ4n) is 3.73. The number of quaternary nitrogens is 1. The minimum Gasteiger partial charge on any atom is -0.328 e. The van der Waals surface area contributed by atoms with Crippen LogP contribution in [0.1, 0.15) is 12.8 Å². The van der Waals surface area contributed by atoms with Crippen LogP contribution in [0.25, 0.3) is 0 Å². The fourth-order valence-corrected chi connectivity index (χ4v) is 5.43. The highest BCUT2D eigenvalue weighted by atomic mass is 32.2. The molecular formula is C20H22F23N2O5S2+. The molecule has 0 spiro atoms. The molecular weight excluding hydrogens is 849 g/mol. The maximum atomic E-state index is 14.4. The Morgan fingerprint density at radius 1 is 0.481 bits per heavy atom. The van der Waals surface area contributed by atoms with E-state index in [2.05, 4.69) is 0 Å². The highest BCUT2D eigenvalue weighted by molar-refractivity contribution is 7.90. The van der Waals surface area contributed by atoms with E-state index in [0.717, 1.165) is 0 Å². The van der Waals surface area contributed by atoms with Crippen LogP contribution in [0.5, 0.6) is 0 Å². The molecule has 32 heteroatoms. The number of halogens is 23. The zero-order chi connectivity index (χ0) is 42.8. The van der Waals surface area contributed by atoms with Crippen molar-refractivity contribution in [2.75, 3.05) is 46.5 Å². The summed E-state index contributed by atoms with van der Waals surface area (Å²) < 4.78 is 366. The lowest BCUT2D eigenvalue weighted by molar-refractivity contribution is -0.890. The van der Waals surface area contributed by atoms with Crippen LogP contribution in [0, 0.1) is 0 Å². The van der Waals surface area contributed by atoms with E-state index in [-0.39, 0.29) is 20.0 Å². The number of hydrogen-bond acceptors (Lipinski definition) is 4. The van der Waals surface area contributed by atoms with Crippen LogP contribution in [0.15, 0.2) is 0 Å². The summed E-state index contributed by atoms with van der Waals surface area (Å²) in [7, 11) is -9.99. The SMILES string of the molecule is CN(CCC[N+](C)(C)CCCS(=O)(=O)O)S(=O)(=O)C(F)(F)C(F)(F)C(F)(F)C(F)(F)C(F)(F)C(F)(F)C(F)(F)C(F)(F)C(F)(F)C(F)(F)C(F)(F)F. The summed E-state index contributed by atoms with van der Waals surface area (Å²) in [5.74, 6) is -84.1. The van der Waals surface area contributed by atoms with Crippen LogP contribution in [0.3, 0.4) is 0 Å². The quantitative estimate of drug-likeness (QED) is 0.0871. The van der Waals surface area contributed by atoms with E-state index < -0.39 is 119 Å². The Morgan fingerprint density at radius 2 is 0.750 bits per heavy atom. The largest absolute Gasteiger partial charge is 0.460 e. The van der Waals surface area contributed by atoms with Gasteiger partial charge in [0.15, 0.2) is 0 Å². The molecule has 0 fully saturated rings. The summed E-state index contributed by atoms with van der Waals surface area (Å²) in [4.78, 5) is 0. The second-order valence-electron chi connectivity index (χ2n) is 11.4. The second-order valence-corrected chi connectivity index (χ2v) is 15.0. The zero-order valence-electron chi connectivity index (χ0n) is 25.2. The van der Waals surface area contributed by atoms with Gasteiger partial charge in [0, 0.05) is 26.4 Å². The second kappa shape index (κ2) is 13.7. The predicted molar refractivity (Wildman–Crippen MR) is 125 cm³/mol. The number of hydrogen-bond donors (Lipinski definition) is 1. The first-order chi connectivity index (χ1) is 22.1. The fraction of sp³-hybridized carbons (Fsp3) is 1.00. The molecule has 0 heterocycles. The Bertz CT molecular complexity index is 1490. The monoisotopic (exact) mass is 871 g/mol. The molecule has 52 heavy (non-hydrogen) atoms. The first-order valence-electron chi connectivity index (χ1n) is 12.7. The van der Waals surface area contributed by atoms with Gasteiger partial charge in [-0.3, -0.25) is 4.55 Å². The van der Waals surface area contributed by atoms with E-state index >= 15 is 0 Å². The molecule has 0 radical (unpaired) electrons. The molecule has 0 bridgehead atoms. The molecule has 0 aliphatic rings. The van der Waals surface area contributed by atoms with Crippen molar-refractivity contribution in [2.45, 2.75) is 77.6 Å². The maximum absolute atomic E-state index is 14.4. The third kappa shape index (κ3) is 7.68. The first kappa shape index (κ1) is 50.2. The van der Waals surface area contributed by atoms with Gasteiger partial charge in [-0.15, -0.1) is 0 Å². The summed E-state index contributed by atoms with van der Waals surface area (Å²) in [6.07, 6.45) is -9.37. The van der Waals surface area contributed by atoms with Gasteiger partial charge in [-0.05, 0) is 0 Å². The van der Waals surface area contributed by atoms with Crippen molar-refractivity contribution in [1.82, 2.24) is 4.31 Å².